The van der Waals surface area contributed by atoms with Crippen molar-refractivity contribution in [2.24, 2.45) is 11.8 Å². The van der Waals surface area contributed by atoms with Crippen LogP contribution in [0.3, 0.4) is 0 Å². The molecule has 0 spiro atoms. The van der Waals surface area contributed by atoms with Gasteiger partial charge in [-0.2, -0.15) is 0 Å². The molecule has 27 heavy (non-hydrogen) atoms. The fourth-order valence-electron chi connectivity index (χ4n) is 4.79. The topological polar surface area (TPSA) is 38.1 Å². The Morgan fingerprint density at radius 3 is 2.44 bits per heavy atom. The molecule has 1 fully saturated rings. The van der Waals surface area contributed by atoms with E-state index in [-0.39, 0.29) is 5.91 Å². The predicted octanol–water partition coefficient (Wildman–Crippen LogP) is 4.70. The lowest BCUT2D eigenvalue weighted by atomic mass is 9.91. The summed E-state index contributed by atoms with van der Waals surface area (Å²) >= 11 is 0. The van der Waals surface area contributed by atoms with Crippen molar-refractivity contribution in [1.29, 1.82) is 0 Å². The fourth-order valence-corrected chi connectivity index (χ4v) is 4.79. The van der Waals surface area contributed by atoms with Gasteiger partial charge >= 0.3 is 0 Å². The molecule has 0 bridgehead atoms. The number of carbonyl (C=O) groups is 1. The molecule has 1 saturated heterocycles. The number of likely N-dealkylation sites (tertiary alicyclic amines) is 1. The lowest BCUT2D eigenvalue weighted by molar-refractivity contribution is 0.0616. The average molecular weight is 366 g/mol. The van der Waals surface area contributed by atoms with Crippen LogP contribution in [0.5, 0.6) is 0 Å². The second-order valence-electron chi connectivity index (χ2n) is 8.72. The van der Waals surface area contributed by atoms with Crippen LogP contribution in [0.1, 0.15) is 61.3 Å². The Balaban J connectivity index is 1.74. The molecular formula is C23H31N3O. The van der Waals surface area contributed by atoms with Crippen molar-refractivity contribution >= 4 is 5.91 Å². The second kappa shape index (κ2) is 7.49. The first-order valence-electron chi connectivity index (χ1n) is 10.5. The van der Waals surface area contributed by atoms with Crippen LogP contribution >= 0.6 is 0 Å². The van der Waals surface area contributed by atoms with E-state index in [1.807, 2.05) is 4.90 Å². The Morgan fingerprint density at radius 2 is 1.74 bits per heavy atom. The van der Waals surface area contributed by atoms with E-state index in [4.69, 9.17) is 4.98 Å². The fraction of sp³-hybridized carbons (Fsp3) is 0.565. The van der Waals surface area contributed by atoms with E-state index in [9.17, 15) is 4.79 Å². The third-order valence-electron chi connectivity index (χ3n) is 6.04. The molecule has 2 atom stereocenters. The van der Waals surface area contributed by atoms with Crippen LogP contribution in [0.2, 0.25) is 0 Å². The van der Waals surface area contributed by atoms with Gasteiger partial charge in [-0.15, -0.1) is 0 Å². The smallest absolute Gasteiger partial charge is 0.274 e. The number of hydrogen-bond donors (Lipinski definition) is 0. The van der Waals surface area contributed by atoms with Gasteiger partial charge in [0.05, 0.1) is 5.69 Å². The summed E-state index contributed by atoms with van der Waals surface area (Å²) in [6.45, 7) is 9.28. The van der Waals surface area contributed by atoms with Gasteiger partial charge in [0.2, 0.25) is 0 Å². The number of fused-ring (bicyclic) bond motifs is 1. The number of imidazole rings is 1. The minimum atomic E-state index is 0.136. The van der Waals surface area contributed by atoms with Gasteiger partial charge in [0.15, 0.2) is 0 Å². The molecule has 2 aliphatic heterocycles. The van der Waals surface area contributed by atoms with Gasteiger partial charge in [0.25, 0.3) is 5.91 Å². The van der Waals surface area contributed by atoms with Crippen molar-refractivity contribution in [3.8, 4) is 11.4 Å². The number of aryl methyl sites for hydroxylation is 1. The van der Waals surface area contributed by atoms with Crippen LogP contribution in [-0.2, 0) is 13.0 Å². The minimum absolute atomic E-state index is 0.136. The van der Waals surface area contributed by atoms with E-state index in [0.717, 1.165) is 56.0 Å². The molecule has 2 aromatic rings. The standard InChI is InChI=1S/C23H31N3O/c1-16-8-10-19(11-9-16)22-24-21(20-7-5-4-6-12-26(20)22)23(27)25-14-17(2)13-18(3)15-25/h8-11,17-18H,4-7,12-15H2,1-3H3. The molecule has 0 N–H and O–H groups in total. The second-order valence-corrected chi connectivity index (χ2v) is 8.72. The van der Waals surface area contributed by atoms with Crippen molar-refractivity contribution in [1.82, 2.24) is 14.5 Å². The minimum Gasteiger partial charge on any atom is -0.337 e. The predicted molar refractivity (Wildman–Crippen MR) is 109 cm³/mol. The van der Waals surface area contributed by atoms with E-state index in [2.05, 4.69) is 49.6 Å². The van der Waals surface area contributed by atoms with Crippen molar-refractivity contribution in [2.75, 3.05) is 13.1 Å². The first-order chi connectivity index (χ1) is 13.0. The quantitative estimate of drug-likeness (QED) is 0.773. The molecule has 2 aliphatic rings. The molecule has 3 heterocycles. The molecule has 1 aromatic heterocycles. The number of amides is 1. The lowest BCUT2D eigenvalue weighted by Crippen LogP contribution is -2.43. The van der Waals surface area contributed by atoms with Gasteiger partial charge in [-0.25, -0.2) is 4.98 Å². The summed E-state index contributed by atoms with van der Waals surface area (Å²) in [7, 11) is 0. The van der Waals surface area contributed by atoms with Crippen LogP contribution in [0.15, 0.2) is 24.3 Å². The number of aromatic nitrogens is 2. The first-order valence-corrected chi connectivity index (χ1v) is 10.5. The number of benzene rings is 1. The van der Waals surface area contributed by atoms with Gasteiger partial charge in [-0.3, -0.25) is 4.79 Å². The van der Waals surface area contributed by atoms with Crippen LogP contribution in [0, 0.1) is 18.8 Å². The number of nitrogens with zero attached hydrogens (tertiary/aromatic N) is 3. The Bertz CT molecular complexity index is 811. The van der Waals surface area contributed by atoms with E-state index in [1.54, 1.807) is 0 Å². The van der Waals surface area contributed by atoms with Crippen LogP contribution in [-0.4, -0.2) is 33.4 Å². The zero-order chi connectivity index (χ0) is 19.0. The number of piperidine rings is 1. The van der Waals surface area contributed by atoms with Crippen LogP contribution in [0.4, 0.5) is 0 Å². The van der Waals surface area contributed by atoms with E-state index >= 15 is 0 Å². The molecule has 0 aliphatic carbocycles. The van der Waals surface area contributed by atoms with E-state index in [1.165, 1.54) is 18.4 Å². The summed E-state index contributed by atoms with van der Waals surface area (Å²) in [5.74, 6) is 2.23. The van der Waals surface area contributed by atoms with Gasteiger partial charge in [-0.1, -0.05) is 50.1 Å². The molecule has 4 heteroatoms. The van der Waals surface area contributed by atoms with Crippen LogP contribution < -0.4 is 0 Å². The van der Waals surface area contributed by atoms with Crippen molar-refractivity contribution in [2.45, 2.75) is 59.4 Å². The highest BCUT2D eigenvalue weighted by Gasteiger charge is 2.31. The van der Waals surface area contributed by atoms with Gasteiger partial charge < -0.3 is 9.47 Å². The van der Waals surface area contributed by atoms with Crippen molar-refractivity contribution < 1.29 is 4.79 Å². The summed E-state index contributed by atoms with van der Waals surface area (Å²) in [6.07, 6.45) is 5.69. The Morgan fingerprint density at radius 1 is 1.04 bits per heavy atom. The third-order valence-corrected chi connectivity index (χ3v) is 6.04. The number of carbonyl (C=O) groups excluding carboxylic acids is 1. The summed E-state index contributed by atoms with van der Waals surface area (Å²) < 4.78 is 2.32. The SMILES string of the molecule is Cc1ccc(-c2nc(C(=O)N3CC(C)CC(C)C3)c3n2CCCCC3)cc1. The Kier molecular flexibility index (Phi) is 5.07. The van der Waals surface area contributed by atoms with E-state index in [0.29, 0.717) is 17.5 Å². The lowest BCUT2D eigenvalue weighted by Gasteiger charge is -2.34. The molecule has 1 amide bonds. The molecule has 0 radical (unpaired) electrons. The highest BCUT2D eigenvalue weighted by atomic mass is 16.2. The molecule has 0 saturated carbocycles. The maximum Gasteiger partial charge on any atom is 0.274 e. The first kappa shape index (κ1) is 18.3. The zero-order valence-electron chi connectivity index (χ0n) is 16.9. The summed E-state index contributed by atoms with van der Waals surface area (Å²) in [5, 5.41) is 0. The Hall–Kier alpha value is -2.10. The van der Waals surface area contributed by atoms with Gasteiger partial charge in [-0.05, 0) is 44.4 Å². The summed E-state index contributed by atoms with van der Waals surface area (Å²) in [5.41, 5.74) is 4.21. The normalized spacial score (nSPS) is 23.0. The largest absolute Gasteiger partial charge is 0.337 e. The van der Waals surface area contributed by atoms with Crippen LogP contribution in [0.25, 0.3) is 11.4 Å². The third kappa shape index (κ3) is 3.67. The molecule has 4 nitrogen and oxygen atoms in total. The summed E-state index contributed by atoms with van der Waals surface area (Å²) in [6, 6.07) is 8.52. The van der Waals surface area contributed by atoms with Crippen molar-refractivity contribution in [3.63, 3.8) is 0 Å². The monoisotopic (exact) mass is 365 g/mol. The zero-order valence-corrected chi connectivity index (χ0v) is 16.9. The highest BCUT2D eigenvalue weighted by Crippen LogP contribution is 2.29. The number of rotatable bonds is 2. The maximum absolute atomic E-state index is 13.4. The van der Waals surface area contributed by atoms with E-state index < -0.39 is 0 Å². The maximum atomic E-state index is 13.4. The number of hydrogen-bond acceptors (Lipinski definition) is 2. The van der Waals surface area contributed by atoms with Gasteiger partial charge in [0.1, 0.15) is 11.5 Å². The molecule has 144 valence electrons. The highest BCUT2D eigenvalue weighted by molar-refractivity contribution is 5.94. The molecule has 4 rings (SSSR count). The molecule has 1 aromatic carbocycles. The molecule has 2 unspecified atom stereocenters. The molecular weight excluding hydrogens is 334 g/mol. The summed E-state index contributed by atoms with van der Waals surface area (Å²) in [4.78, 5) is 20.4. The van der Waals surface area contributed by atoms with Crippen molar-refractivity contribution in [3.05, 3.63) is 41.2 Å². The average Bonchev–Trinajstić information content (AvgIpc) is 2.82. The Labute approximate surface area is 162 Å². The van der Waals surface area contributed by atoms with Gasteiger partial charge in [0, 0.05) is 25.2 Å².